The van der Waals surface area contributed by atoms with Crippen LogP contribution in [0, 0.1) is 6.92 Å². The third kappa shape index (κ3) is 2.93. The van der Waals surface area contributed by atoms with E-state index in [1.165, 1.54) is 0 Å². The molecule has 0 aliphatic carbocycles. The molecular weight excluding hydrogens is 256 g/mol. The second-order valence-electron chi connectivity index (χ2n) is 5.13. The van der Waals surface area contributed by atoms with Gasteiger partial charge < -0.3 is 14.0 Å². The SMILES string of the molecule is Cc1cc(CN(C)CC2COc3ccccc3O2)on1. The van der Waals surface area contributed by atoms with Crippen molar-refractivity contribution >= 4 is 0 Å². The Morgan fingerprint density at radius 3 is 2.85 bits per heavy atom. The summed E-state index contributed by atoms with van der Waals surface area (Å²) in [6.45, 7) is 3.97. The van der Waals surface area contributed by atoms with E-state index in [2.05, 4.69) is 10.1 Å². The molecule has 1 aliphatic heterocycles. The van der Waals surface area contributed by atoms with Crippen molar-refractivity contribution in [3.63, 3.8) is 0 Å². The number of fused-ring (bicyclic) bond motifs is 1. The first-order valence-electron chi connectivity index (χ1n) is 6.70. The van der Waals surface area contributed by atoms with Gasteiger partial charge >= 0.3 is 0 Å². The van der Waals surface area contributed by atoms with Gasteiger partial charge in [-0.1, -0.05) is 17.3 Å². The van der Waals surface area contributed by atoms with Gasteiger partial charge in [0.15, 0.2) is 17.3 Å². The predicted molar refractivity (Wildman–Crippen MR) is 73.9 cm³/mol. The monoisotopic (exact) mass is 274 g/mol. The molecule has 1 aliphatic rings. The molecule has 0 saturated heterocycles. The summed E-state index contributed by atoms with van der Waals surface area (Å²) in [6, 6.07) is 9.70. The topological polar surface area (TPSA) is 47.7 Å². The van der Waals surface area contributed by atoms with Crippen molar-refractivity contribution in [3.05, 3.63) is 41.8 Å². The van der Waals surface area contributed by atoms with Crippen molar-refractivity contribution in [2.75, 3.05) is 20.2 Å². The van der Waals surface area contributed by atoms with Crippen molar-refractivity contribution in [1.82, 2.24) is 10.1 Å². The Labute approximate surface area is 118 Å². The Bertz CT molecular complexity index is 582. The number of benzene rings is 1. The normalized spacial score (nSPS) is 17.4. The summed E-state index contributed by atoms with van der Waals surface area (Å²) in [6.07, 6.45) is 0.0268. The van der Waals surface area contributed by atoms with Crippen LogP contribution in [0.3, 0.4) is 0 Å². The lowest BCUT2D eigenvalue weighted by Gasteiger charge is -2.29. The van der Waals surface area contributed by atoms with Gasteiger partial charge in [-0.15, -0.1) is 0 Å². The fraction of sp³-hybridized carbons (Fsp3) is 0.400. The molecule has 0 fully saturated rings. The first-order valence-corrected chi connectivity index (χ1v) is 6.70. The number of aromatic nitrogens is 1. The zero-order chi connectivity index (χ0) is 13.9. The highest BCUT2D eigenvalue weighted by Gasteiger charge is 2.22. The van der Waals surface area contributed by atoms with E-state index in [4.69, 9.17) is 14.0 Å². The van der Waals surface area contributed by atoms with Gasteiger partial charge in [0.25, 0.3) is 0 Å². The van der Waals surface area contributed by atoms with E-state index < -0.39 is 0 Å². The molecule has 106 valence electrons. The minimum Gasteiger partial charge on any atom is -0.486 e. The van der Waals surface area contributed by atoms with Crippen LogP contribution in [0.25, 0.3) is 0 Å². The number of aryl methyl sites for hydroxylation is 1. The molecule has 2 aromatic rings. The third-order valence-electron chi connectivity index (χ3n) is 3.19. The van der Waals surface area contributed by atoms with E-state index >= 15 is 0 Å². The van der Waals surface area contributed by atoms with E-state index in [9.17, 15) is 0 Å². The van der Waals surface area contributed by atoms with Crippen LogP contribution in [-0.4, -0.2) is 36.4 Å². The van der Waals surface area contributed by atoms with Crippen LogP contribution in [0.4, 0.5) is 0 Å². The first kappa shape index (κ1) is 13.0. The highest BCUT2D eigenvalue weighted by atomic mass is 16.6. The van der Waals surface area contributed by atoms with Crippen LogP contribution in [0.1, 0.15) is 11.5 Å². The number of likely N-dealkylation sites (N-methyl/N-ethyl adjacent to an activating group) is 1. The Morgan fingerprint density at radius 2 is 2.10 bits per heavy atom. The van der Waals surface area contributed by atoms with Gasteiger partial charge in [0.05, 0.1) is 12.2 Å². The number of rotatable bonds is 4. The molecule has 20 heavy (non-hydrogen) atoms. The van der Waals surface area contributed by atoms with Crippen molar-refractivity contribution in [2.45, 2.75) is 19.6 Å². The molecule has 1 aromatic carbocycles. The van der Waals surface area contributed by atoms with Gasteiger partial charge in [-0.25, -0.2) is 0 Å². The van der Waals surface area contributed by atoms with Crippen LogP contribution in [0.15, 0.2) is 34.9 Å². The summed E-state index contributed by atoms with van der Waals surface area (Å²) in [4.78, 5) is 2.14. The number of hydrogen-bond donors (Lipinski definition) is 0. The Balaban J connectivity index is 1.56. The second kappa shape index (κ2) is 5.54. The number of hydrogen-bond acceptors (Lipinski definition) is 5. The van der Waals surface area contributed by atoms with Crippen molar-refractivity contribution in [2.24, 2.45) is 0 Å². The standard InChI is InChI=1S/C15H18N2O3/c1-11-7-12(20-16-11)8-17(2)9-13-10-18-14-5-3-4-6-15(14)19-13/h3-7,13H,8-10H2,1-2H3. The number of nitrogens with zero attached hydrogens (tertiary/aromatic N) is 2. The lowest BCUT2D eigenvalue weighted by molar-refractivity contribution is 0.0618. The Hall–Kier alpha value is -2.01. The van der Waals surface area contributed by atoms with Crippen LogP contribution < -0.4 is 9.47 Å². The number of para-hydroxylation sites is 2. The van der Waals surface area contributed by atoms with Gasteiger partial charge in [-0.3, -0.25) is 4.90 Å². The van der Waals surface area contributed by atoms with Crippen molar-refractivity contribution in [3.8, 4) is 11.5 Å². The maximum atomic E-state index is 5.93. The second-order valence-corrected chi connectivity index (χ2v) is 5.13. The summed E-state index contributed by atoms with van der Waals surface area (Å²) in [5, 5.41) is 3.89. The molecule has 5 heteroatoms. The maximum Gasteiger partial charge on any atom is 0.161 e. The van der Waals surface area contributed by atoms with E-state index in [0.717, 1.165) is 29.5 Å². The summed E-state index contributed by atoms with van der Waals surface area (Å²) >= 11 is 0. The van der Waals surface area contributed by atoms with E-state index in [1.807, 2.05) is 44.3 Å². The maximum absolute atomic E-state index is 5.93. The van der Waals surface area contributed by atoms with Gasteiger partial charge in [0.2, 0.25) is 0 Å². The minimum atomic E-state index is 0.0268. The summed E-state index contributed by atoms with van der Waals surface area (Å²) in [7, 11) is 2.03. The lowest BCUT2D eigenvalue weighted by atomic mass is 10.2. The molecular formula is C15H18N2O3. The summed E-state index contributed by atoms with van der Waals surface area (Å²) in [5.41, 5.74) is 0.902. The minimum absolute atomic E-state index is 0.0268. The Kier molecular flexibility index (Phi) is 3.60. The van der Waals surface area contributed by atoms with Crippen LogP contribution in [0.5, 0.6) is 11.5 Å². The quantitative estimate of drug-likeness (QED) is 0.856. The molecule has 1 unspecified atom stereocenters. The fourth-order valence-corrected chi connectivity index (χ4v) is 2.32. The van der Waals surface area contributed by atoms with Crippen molar-refractivity contribution < 1.29 is 14.0 Å². The molecule has 0 spiro atoms. The largest absolute Gasteiger partial charge is 0.486 e. The van der Waals surface area contributed by atoms with Gasteiger partial charge in [0.1, 0.15) is 12.7 Å². The van der Waals surface area contributed by atoms with Crippen LogP contribution >= 0.6 is 0 Å². The first-order chi connectivity index (χ1) is 9.70. The average molecular weight is 274 g/mol. The molecule has 0 bridgehead atoms. The van der Waals surface area contributed by atoms with E-state index in [-0.39, 0.29) is 6.10 Å². The van der Waals surface area contributed by atoms with Crippen molar-refractivity contribution in [1.29, 1.82) is 0 Å². The fourth-order valence-electron chi connectivity index (χ4n) is 2.32. The summed E-state index contributed by atoms with van der Waals surface area (Å²) < 4.78 is 16.9. The molecule has 0 amide bonds. The summed E-state index contributed by atoms with van der Waals surface area (Å²) in [5.74, 6) is 2.49. The van der Waals surface area contributed by atoms with E-state index in [1.54, 1.807) is 0 Å². The van der Waals surface area contributed by atoms with Crippen LogP contribution in [-0.2, 0) is 6.54 Å². The zero-order valence-corrected chi connectivity index (χ0v) is 11.7. The highest BCUT2D eigenvalue weighted by molar-refractivity contribution is 5.40. The lowest BCUT2D eigenvalue weighted by Crippen LogP contribution is -2.39. The molecule has 3 rings (SSSR count). The highest BCUT2D eigenvalue weighted by Crippen LogP contribution is 2.30. The molecule has 1 aromatic heterocycles. The third-order valence-corrected chi connectivity index (χ3v) is 3.19. The molecule has 0 saturated carbocycles. The number of ether oxygens (including phenoxy) is 2. The van der Waals surface area contributed by atoms with Gasteiger partial charge in [0, 0.05) is 12.6 Å². The van der Waals surface area contributed by atoms with Gasteiger partial charge in [-0.05, 0) is 26.1 Å². The molecule has 0 radical (unpaired) electrons. The molecule has 0 N–H and O–H groups in total. The molecule has 1 atom stereocenters. The Morgan fingerprint density at radius 1 is 1.30 bits per heavy atom. The molecule has 5 nitrogen and oxygen atoms in total. The smallest absolute Gasteiger partial charge is 0.161 e. The molecule has 2 heterocycles. The van der Waals surface area contributed by atoms with Crippen LogP contribution in [0.2, 0.25) is 0 Å². The van der Waals surface area contributed by atoms with Gasteiger partial charge in [-0.2, -0.15) is 0 Å². The predicted octanol–water partition coefficient (Wildman–Crippen LogP) is 2.25. The average Bonchev–Trinajstić information content (AvgIpc) is 2.83. The van der Waals surface area contributed by atoms with E-state index in [0.29, 0.717) is 13.2 Å². The zero-order valence-electron chi connectivity index (χ0n) is 11.7.